The zero-order valence-corrected chi connectivity index (χ0v) is 13.8. The summed E-state index contributed by atoms with van der Waals surface area (Å²) < 4.78 is 5.02. The molecule has 2 N–H and O–H groups in total. The monoisotopic (exact) mass is 311 g/mol. The van der Waals surface area contributed by atoms with Crippen molar-refractivity contribution in [2.45, 2.75) is 63.8 Å². The molecule has 1 fully saturated rings. The van der Waals surface area contributed by atoms with Gasteiger partial charge in [0, 0.05) is 17.4 Å². The van der Waals surface area contributed by atoms with E-state index in [9.17, 15) is 4.79 Å². The maximum atomic E-state index is 12.2. The van der Waals surface area contributed by atoms with E-state index in [2.05, 4.69) is 22.7 Å². The average Bonchev–Trinajstić information content (AvgIpc) is 2.86. The topological polar surface area (TPSA) is 67.2 Å². The number of hydrogen-bond donors (Lipinski definition) is 2. The van der Waals surface area contributed by atoms with Gasteiger partial charge in [-0.05, 0) is 32.4 Å². The van der Waals surface area contributed by atoms with Gasteiger partial charge in [-0.2, -0.15) is 11.8 Å². The Hall–Kier alpha value is -1.01. The van der Waals surface area contributed by atoms with Crippen LogP contribution in [0.15, 0.2) is 10.6 Å². The lowest BCUT2D eigenvalue weighted by molar-refractivity contribution is -0.118. The molecule has 0 unspecified atom stereocenters. The lowest BCUT2D eigenvalue weighted by atomic mass is 9.94. The number of carbonyl (C=O) groups is 1. The van der Waals surface area contributed by atoms with Gasteiger partial charge in [-0.3, -0.25) is 10.1 Å². The molecular formula is C15H25N3O2S. The highest BCUT2D eigenvalue weighted by Gasteiger charge is 2.28. The van der Waals surface area contributed by atoms with Crippen LogP contribution in [-0.4, -0.2) is 34.2 Å². The number of hydrogen-bond acceptors (Lipinski definition) is 5. The predicted molar refractivity (Wildman–Crippen MR) is 86.6 cm³/mol. The van der Waals surface area contributed by atoms with Crippen molar-refractivity contribution >= 4 is 23.6 Å². The molecule has 0 bridgehead atoms. The van der Waals surface area contributed by atoms with Gasteiger partial charge in [0.1, 0.15) is 0 Å². The summed E-state index contributed by atoms with van der Waals surface area (Å²) in [5, 5.41) is 10.6. The lowest BCUT2D eigenvalue weighted by Gasteiger charge is -2.33. The molecule has 0 aliphatic heterocycles. The third-order valence-electron chi connectivity index (χ3n) is 3.82. The normalized spacial score (nSPS) is 23.8. The first kappa shape index (κ1) is 16.4. The van der Waals surface area contributed by atoms with Gasteiger partial charge in [0.05, 0.1) is 11.7 Å². The van der Waals surface area contributed by atoms with Gasteiger partial charge >= 0.3 is 0 Å². The van der Waals surface area contributed by atoms with Crippen molar-refractivity contribution in [3.63, 3.8) is 0 Å². The molecule has 1 saturated carbocycles. The van der Waals surface area contributed by atoms with Crippen LogP contribution in [0.1, 0.15) is 45.2 Å². The molecule has 0 spiro atoms. The fourth-order valence-corrected chi connectivity index (χ4v) is 3.96. The second-order valence-electron chi connectivity index (χ2n) is 5.59. The maximum absolute atomic E-state index is 12.2. The molecule has 1 aromatic rings. The summed E-state index contributed by atoms with van der Waals surface area (Å²) in [7, 11) is 0. The minimum atomic E-state index is -0.238. The van der Waals surface area contributed by atoms with Crippen LogP contribution >= 0.6 is 11.8 Å². The summed E-state index contributed by atoms with van der Waals surface area (Å²) in [4.78, 5) is 12.2. The van der Waals surface area contributed by atoms with E-state index in [1.807, 2.05) is 25.6 Å². The molecule has 6 heteroatoms. The number of carbonyl (C=O) groups excluding carboxylic acids is 1. The summed E-state index contributed by atoms with van der Waals surface area (Å²) >= 11 is 2.00. The number of anilines is 1. The Bertz CT molecular complexity index is 462. The van der Waals surface area contributed by atoms with Crippen molar-refractivity contribution in [3.8, 4) is 0 Å². The van der Waals surface area contributed by atoms with Crippen molar-refractivity contribution in [1.29, 1.82) is 0 Å². The summed E-state index contributed by atoms with van der Waals surface area (Å²) in [6.07, 6.45) is 4.93. The number of aryl methyl sites for hydroxylation is 1. The van der Waals surface area contributed by atoms with Gasteiger partial charge in [0.25, 0.3) is 0 Å². The molecule has 1 aliphatic rings. The van der Waals surface area contributed by atoms with Crippen molar-refractivity contribution < 1.29 is 9.32 Å². The Morgan fingerprint density at radius 3 is 2.95 bits per heavy atom. The predicted octanol–water partition coefficient (Wildman–Crippen LogP) is 2.96. The quantitative estimate of drug-likeness (QED) is 0.845. The SMILES string of the molecule is CCS[C@@H]1CCCC[C@@H]1N[C@H](C)C(=O)Nc1cc(C)no1. The standard InChI is InChI=1S/C15H25N3O2S/c1-4-21-13-8-6-5-7-12(13)16-11(3)15(19)17-14-9-10(2)18-20-14/h9,11-13,16H,4-8H2,1-3H3,(H,17,19)/t11-,12+,13-/m1/s1. The van der Waals surface area contributed by atoms with Crippen molar-refractivity contribution in [2.75, 3.05) is 11.1 Å². The van der Waals surface area contributed by atoms with Crippen LogP contribution in [0, 0.1) is 6.92 Å². The Morgan fingerprint density at radius 2 is 2.29 bits per heavy atom. The van der Waals surface area contributed by atoms with Crippen LogP contribution in [-0.2, 0) is 4.79 Å². The molecule has 5 nitrogen and oxygen atoms in total. The Kier molecular flexibility index (Phi) is 6.11. The van der Waals surface area contributed by atoms with Crippen LogP contribution < -0.4 is 10.6 Å². The van der Waals surface area contributed by atoms with Gasteiger partial charge in [0.2, 0.25) is 11.8 Å². The van der Waals surface area contributed by atoms with Gasteiger partial charge < -0.3 is 9.84 Å². The molecule has 1 aromatic heterocycles. The van der Waals surface area contributed by atoms with Gasteiger partial charge in [-0.15, -0.1) is 0 Å². The van der Waals surface area contributed by atoms with Crippen LogP contribution in [0.2, 0.25) is 0 Å². The molecule has 0 saturated heterocycles. The van der Waals surface area contributed by atoms with Crippen LogP contribution in [0.4, 0.5) is 5.88 Å². The third kappa shape index (κ3) is 4.74. The van der Waals surface area contributed by atoms with Crippen molar-refractivity contribution in [3.05, 3.63) is 11.8 Å². The largest absolute Gasteiger partial charge is 0.338 e. The van der Waals surface area contributed by atoms with E-state index >= 15 is 0 Å². The van der Waals surface area contributed by atoms with E-state index in [4.69, 9.17) is 4.52 Å². The molecule has 1 aliphatic carbocycles. The van der Waals surface area contributed by atoms with Crippen LogP contribution in [0.25, 0.3) is 0 Å². The zero-order valence-electron chi connectivity index (χ0n) is 13.0. The fraction of sp³-hybridized carbons (Fsp3) is 0.733. The lowest BCUT2D eigenvalue weighted by Crippen LogP contribution is -2.49. The Morgan fingerprint density at radius 1 is 1.52 bits per heavy atom. The summed E-state index contributed by atoms with van der Waals surface area (Å²) in [6.45, 7) is 5.93. The Balaban J connectivity index is 1.86. The Labute approximate surface area is 130 Å². The molecule has 1 heterocycles. The van der Waals surface area contributed by atoms with Crippen molar-refractivity contribution in [2.24, 2.45) is 0 Å². The van der Waals surface area contributed by atoms with E-state index < -0.39 is 0 Å². The summed E-state index contributed by atoms with van der Waals surface area (Å²) in [5.74, 6) is 1.46. The molecule has 0 radical (unpaired) electrons. The smallest absolute Gasteiger partial charge is 0.243 e. The number of nitrogens with zero attached hydrogens (tertiary/aromatic N) is 1. The van der Waals surface area contributed by atoms with E-state index in [-0.39, 0.29) is 11.9 Å². The van der Waals surface area contributed by atoms with E-state index in [1.165, 1.54) is 19.3 Å². The number of rotatable bonds is 6. The minimum Gasteiger partial charge on any atom is -0.338 e. The molecule has 1 amide bonds. The van der Waals surface area contributed by atoms with E-state index in [0.717, 1.165) is 17.9 Å². The second-order valence-corrected chi connectivity index (χ2v) is 7.11. The zero-order chi connectivity index (χ0) is 15.2. The average molecular weight is 311 g/mol. The van der Waals surface area contributed by atoms with Crippen molar-refractivity contribution in [1.82, 2.24) is 10.5 Å². The fourth-order valence-electron chi connectivity index (χ4n) is 2.75. The van der Waals surface area contributed by atoms with Crippen LogP contribution in [0.3, 0.4) is 0 Å². The number of nitrogens with one attached hydrogen (secondary N) is 2. The van der Waals surface area contributed by atoms with E-state index in [0.29, 0.717) is 17.2 Å². The number of thioether (sulfide) groups is 1. The highest BCUT2D eigenvalue weighted by molar-refractivity contribution is 7.99. The molecule has 118 valence electrons. The molecule has 2 rings (SSSR count). The molecule has 3 atom stereocenters. The van der Waals surface area contributed by atoms with Crippen LogP contribution in [0.5, 0.6) is 0 Å². The highest BCUT2D eigenvalue weighted by Crippen LogP contribution is 2.28. The van der Waals surface area contributed by atoms with E-state index in [1.54, 1.807) is 6.07 Å². The molecular weight excluding hydrogens is 286 g/mol. The summed E-state index contributed by atoms with van der Waals surface area (Å²) in [5.41, 5.74) is 0.762. The molecule has 0 aromatic carbocycles. The second kappa shape index (κ2) is 7.84. The minimum absolute atomic E-state index is 0.0722. The van der Waals surface area contributed by atoms with Gasteiger partial charge in [-0.1, -0.05) is 24.9 Å². The number of amides is 1. The maximum Gasteiger partial charge on any atom is 0.243 e. The summed E-state index contributed by atoms with van der Waals surface area (Å²) in [6, 6.07) is 1.90. The first-order chi connectivity index (χ1) is 10.1. The number of aromatic nitrogens is 1. The highest BCUT2D eigenvalue weighted by atomic mass is 32.2. The van der Waals surface area contributed by atoms with Gasteiger partial charge in [-0.25, -0.2) is 0 Å². The van der Waals surface area contributed by atoms with Gasteiger partial charge in [0.15, 0.2) is 0 Å². The molecule has 21 heavy (non-hydrogen) atoms. The first-order valence-corrected chi connectivity index (χ1v) is 8.77. The third-order valence-corrected chi connectivity index (χ3v) is 5.14. The first-order valence-electron chi connectivity index (χ1n) is 7.72.